The third kappa shape index (κ3) is 3.39. The van der Waals surface area contributed by atoms with Crippen LogP contribution in [-0.2, 0) is 0 Å². The van der Waals surface area contributed by atoms with Crippen molar-refractivity contribution in [3.05, 3.63) is 34.6 Å². The molecule has 2 heterocycles. The number of benzene rings is 1. The van der Waals surface area contributed by atoms with Crippen molar-refractivity contribution in [2.75, 3.05) is 13.2 Å². The molecule has 3 rings (SSSR count). The average Bonchev–Trinajstić information content (AvgIpc) is 3.17. The van der Waals surface area contributed by atoms with Crippen molar-refractivity contribution in [2.45, 2.75) is 0 Å². The Balaban J connectivity index is 1.50. The number of nitrogens with zero attached hydrogens (tertiary/aromatic N) is 4. The molecule has 0 bridgehead atoms. The van der Waals surface area contributed by atoms with E-state index < -0.39 is 0 Å². The monoisotopic (exact) mass is 369 g/mol. The summed E-state index contributed by atoms with van der Waals surface area (Å²) in [5, 5.41) is 16.9. The van der Waals surface area contributed by atoms with E-state index in [4.69, 9.17) is 14.0 Å². The zero-order valence-corrected chi connectivity index (χ0v) is 12.6. The van der Waals surface area contributed by atoms with Crippen molar-refractivity contribution in [2.24, 2.45) is 0 Å². The third-order valence-electron chi connectivity index (χ3n) is 2.54. The Morgan fingerprint density at radius 2 is 2.09 bits per heavy atom. The summed E-state index contributed by atoms with van der Waals surface area (Å²) in [6.45, 7) is 0.424. The molecule has 0 radical (unpaired) electrons. The number of aromatic nitrogens is 5. The van der Waals surface area contributed by atoms with Crippen LogP contribution in [-0.4, -0.2) is 39.0 Å². The van der Waals surface area contributed by atoms with Gasteiger partial charge in [-0.2, -0.15) is 5.21 Å². The highest BCUT2D eigenvalue weighted by Gasteiger charge is 2.11. The van der Waals surface area contributed by atoms with Crippen LogP contribution < -0.4 is 9.47 Å². The first-order valence-electron chi connectivity index (χ1n) is 6.13. The molecule has 0 unspecified atom stereocenters. The number of rotatable bonds is 6. The van der Waals surface area contributed by atoms with Crippen LogP contribution in [0.5, 0.6) is 11.6 Å². The van der Waals surface area contributed by atoms with Gasteiger partial charge in [0.2, 0.25) is 11.6 Å². The fourth-order valence-corrected chi connectivity index (χ4v) is 1.95. The highest BCUT2D eigenvalue weighted by Crippen LogP contribution is 2.25. The summed E-state index contributed by atoms with van der Waals surface area (Å²) < 4.78 is 29.5. The van der Waals surface area contributed by atoms with Gasteiger partial charge in [0.25, 0.3) is 5.88 Å². The van der Waals surface area contributed by atoms with Gasteiger partial charge < -0.3 is 14.0 Å². The number of ether oxygens (including phenoxy) is 2. The lowest BCUT2D eigenvalue weighted by atomic mass is 10.3. The van der Waals surface area contributed by atoms with Crippen LogP contribution >= 0.6 is 15.9 Å². The molecule has 0 aliphatic heterocycles. The fourth-order valence-electron chi connectivity index (χ4n) is 1.58. The van der Waals surface area contributed by atoms with Crippen molar-refractivity contribution < 1.29 is 18.4 Å². The quantitative estimate of drug-likeness (QED) is 0.664. The summed E-state index contributed by atoms with van der Waals surface area (Å²) in [5.74, 6) is 0.901. The van der Waals surface area contributed by atoms with Crippen LogP contribution in [0.15, 0.2) is 33.3 Å². The van der Waals surface area contributed by atoms with Crippen molar-refractivity contribution >= 4 is 15.9 Å². The van der Waals surface area contributed by atoms with Crippen LogP contribution in [0.1, 0.15) is 0 Å². The molecule has 114 valence electrons. The van der Waals surface area contributed by atoms with E-state index >= 15 is 0 Å². The van der Waals surface area contributed by atoms with Crippen LogP contribution in [0.2, 0.25) is 0 Å². The van der Waals surface area contributed by atoms with Crippen LogP contribution in [0.25, 0.3) is 11.6 Å². The molecule has 3 aromatic rings. The molecule has 0 saturated heterocycles. The van der Waals surface area contributed by atoms with Gasteiger partial charge in [0.05, 0.1) is 10.5 Å². The molecule has 22 heavy (non-hydrogen) atoms. The van der Waals surface area contributed by atoms with E-state index in [9.17, 15) is 4.39 Å². The Bertz CT molecular complexity index is 749. The van der Waals surface area contributed by atoms with E-state index in [0.29, 0.717) is 16.0 Å². The maximum absolute atomic E-state index is 13.1. The summed E-state index contributed by atoms with van der Waals surface area (Å²) >= 11 is 3.27. The minimum absolute atomic E-state index is 0.209. The first-order chi connectivity index (χ1) is 10.7. The standard InChI is InChI=1S/C12H9BrFN5O3/c13-8-2-1-7(14)5-9(8)20-3-4-21-11-6-10(22-17-11)12-15-18-19-16-12/h1-2,5-6H,3-4H2,(H,15,16,18,19). The lowest BCUT2D eigenvalue weighted by Gasteiger charge is -2.08. The Morgan fingerprint density at radius 1 is 1.23 bits per heavy atom. The summed E-state index contributed by atoms with van der Waals surface area (Å²) in [5.41, 5.74) is 0. The normalized spacial score (nSPS) is 10.6. The molecule has 0 saturated carbocycles. The molecule has 0 aliphatic carbocycles. The van der Waals surface area contributed by atoms with Gasteiger partial charge in [0.15, 0.2) is 0 Å². The van der Waals surface area contributed by atoms with Gasteiger partial charge in [0, 0.05) is 6.07 Å². The molecule has 0 spiro atoms. The van der Waals surface area contributed by atoms with Crippen LogP contribution in [0, 0.1) is 5.82 Å². The fraction of sp³-hybridized carbons (Fsp3) is 0.167. The Labute approximate surface area is 131 Å². The largest absolute Gasteiger partial charge is 0.489 e. The van der Waals surface area contributed by atoms with Gasteiger partial charge >= 0.3 is 0 Å². The van der Waals surface area contributed by atoms with Crippen LogP contribution in [0.4, 0.5) is 4.39 Å². The molecule has 0 atom stereocenters. The average molecular weight is 370 g/mol. The molecule has 8 nitrogen and oxygen atoms in total. The number of hydrogen-bond acceptors (Lipinski definition) is 7. The lowest BCUT2D eigenvalue weighted by molar-refractivity contribution is 0.203. The van der Waals surface area contributed by atoms with Gasteiger partial charge in [-0.25, -0.2) is 4.39 Å². The number of nitrogens with one attached hydrogen (secondary N) is 1. The second-order valence-corrected chi connectivity index (χ2v) is 4.89. The number of tetrazole rings is 1. The number of hydrogen-bond donors (Lipinski definition) is 1. The zero-order chi connectivity index (χ0) is 15.4. The van der Waals surface area contributed by atoms with Crippen molar-refractivity contribution in [1.82, 2.24) is 25.8 Å². The van der Waals surface area contributed by atoms with Crippen molar-refractivity contribution in [3.63, 3.8) is 0 Å². The van der Waals surface area contributed by atoms with Gasteiger partial charge in [0.1, 0.15) is 24.8 Å². The molecule has 2 aromatic heterocycles. The van der Waals surface area contributed by atoms with Gasteiger partial charge in [-0.15, -0.1) is 10.2 Å². The molecule has 0 aliphatic rings. The van der Waals surface area contributed by atoms with Crippen LogP contribution in [0.3, 0.4) is 0 Å². The minimum atomic E-state index is -0.375. The molecule has 10 heteroatoms. The van der Waals surface area contributed by atoms with E-state index in [1.54, 1.807) is 6.07 Å². The predicted molar refractivity (Wildman–Crippen MR) is 74.8 cm³/mol. The highest BCUT2D eigenvalue weighted by molar-refractivity contribution is 9.10. The van der Waals surface area contributed by atoms with E-state index in [-0.39, 0.29) is 30.7 Å². The van der Waals surface area contributed by atoms with Gasteiger partial charge in [-0.3, -0.25) is 0 Å². The van der Waals surface area contributed by atoms with Gasteiger partial charge in [-0.05, 0) is 38.4 Å². The zero-order valence-electron chi connectivity index (χ0n) is 11.0. The Hall–Kier alpha value is -2.49. The van der Waals surface area contributed by atoms with Gasteiger partial charge in [-0.1, -0.05) is 0 Å². The smallest absolute Gasteiger partial charge is 0.254 e. The molecule has 0 fully saturated rings. The van der Waals surface area contributed by atoms with E-state index in [1.807, 2.05) is 0 Å². The van der Waals surface area contributed by atoms with Crippen molar-refractivity contribution in [3.8, 4) is 23.2 Å². The Morgan fingerprint density at radius 3 is 2.91 bits per heavy atom. The number of aromatic amines is 1. The first kappa shape index (κ1) is 14.4. The Kier molecular flexibility index (Phi) is 4.28. The highest BCUT2D eigenvalue weighted by atomic mass is 79.9. The van der Waals surface area contributed by atoms with E-state index in [2.05, 4.69) is 41.7 Å². The summed E-state index contributed by atoms with van der Waals surface area (Å²) in [7, 11) is 0. The summed E-state index contributed by atoms with van der Waals surface area (Å²) in [6, 6.07) is 5.72. The first-order valence-corrected chi connectivity index (χ1v) is 6.93. The lowest BCUT2D eigenvalue weighted by Crippen LogP contribution is -2.09. The summed E-state index contributed by atoms with van der Waals surface area (Å²) in [6.07, 6.45) is 0. The predicted octanol–water partition coefficient (Wildman–Crippen LogP) is 2.21. The molecule has 0 amide bonds. The molecule has 1 aromatic carbocycles. The third-order valence-corrected chi connectivity index (χ3v) is 3.19. The van der Waals surface area contributed by atoms with E-state index in [1.165, 1.54) is 18.2 Å². The second kappa shape index (κ2) is 6.52. The number of halogens is 2. The molecular weight excluding hydrogens is 361 g/mol. The molecular formula is C12H9BrFN5O3. The summed E-state index contributed by atoms with van der Waals surface area (Å²) in [4.78, 5) is 0. The van der Waals surface area contributed by atoms with E-state index in [0.717, 1.165) is 0 Å². The topological polar surface area (TPSA) is 99.0 Å². The number of H-pyrrole nitrogens is 1. The maximum Gasteiger partial charge on any atom is 0.254 e. The SMILES string of the molecule is Fc1ccc(Br)c(OCCOc2cc(-c3nn[nH]n3)on2)c1. The maximum atomic E-state index is 13.1. The molecule has 1 N–H and O–H groups in total. The second-order valence-electron chi connectivity index (χ2n) is 4.04. The minimum Gasteiger partial charge on any atom is -0.489 e. The van der Waals surface area contributed by atoms with Crippen molar-refractivity contribution in [1.29, 1.82) is 0 Å².